The van der Waals surface area contributed by atoms with E-state index < -0.39 is 10.8 Å². The van der Waals surface area contributed by atoms with Crippen LogP contribution >= 0.6 is 0 Å². The molecule has 0 bridgehead atoms. The molecule has 0 aromatic carbocycles. The first kappa shape index (κ1) is 10.6. The van der Waals surface area contributed by atoms with Crippen LogP contribution < -0.4 is 5.73 Å². The monoisotopic (exact) mass is 226 g/mol. The molecular formula is C10H14N2O2S. The molecule has 1 fully saturated rings. The largest absolute Gasteiger partial charge is 0.396 e. The SMILES string of the molecule is Nc1cccnc1S(=O)C1CCCOC1. The second-order valence-corrected chi connectivity index (χ2v) is 5.18. The lowest BCUT2D eigenvalue weighted by Crippen LogP contribution is -2.27. The van der Waals surface area contributed by atoms with Gasteiger partial charge in [0.05, 0.1) is 28.3 Å². The van der Waals surface area contributed by atoms with Crippen LogP contribution in [0.5, 0.6) is 0 Å². The van der Waals surface area contributed by atoms with Gasteiger partial charge in [-0.05, 0) is 25.0 Å². The normalized spacial score (nSPS) is 23.6. The van der Waals surface area contributed by atoms with Gasteiger partial charge in [0, 0.05) is 12.8 Å². The molecule has 5 heteroatoms. The molecule has 1 aromatic heterocycles. The van der Waals surface area contributed by atoms with Crippen LogP contribution in [0.15, 0.2) is 23.4 Å². The minimum atomic E-state index is -1.14. The number of hydrogen-bond acceptors (Lipinski definition) is 4. The predicted molar refractivity (Wildman–Crippen MR) is 58.9 cm³/mol. The fraction of sp³-hybridized carbons (Fsp3) is 0.500. The van der Waals surface area contributed by atoms with Crippen LogP contribution in [-0.2, 0) is 15.5 Å². The van der Waals surface area contributed by atoms with Crippen molar-refractivity contribution in [3.8, 4) is 0 Å². The number of aromatic nitrogens is 1. The summed E-state index contributed by atoms with van der Waals surface area (Å²) in [5.74, 6) is 0. The van der Waals surface area contributed by atoms with E-state index in [1.807, 2.05) is 0 Å². The van der Waals surface area contributed by atoms with E-state index in [0.29, 0.717) is 17.3 Å². The Morgan fingerprint density at radius 3 is 3.13 bits per heavy atom. The van der Waals surface area contributed by atoms with Gasteiger partial charge >= 0.3 is 0 Å². The molecule has 2 heterocycles. The summed E-state index contributed by atoms with van der Waals surface area (Å²) in [7, 11) is -1.14. The molecule has 0 saturated carbocycles. The second-order valence-electron chi connectivity index (χ2n) is 3.53. The number of hydrogen-bond donors (Lipinski definition) is 1. The van der Waals surface area contributed by atoms with Crippen molar-refractivity contribution in [2.45, 2.75) is 23.1 Å². The van der Waals surface area contributed by atoms with E-state index in [9.17, 15) is 4.21 Å². The van der Waals surface area contributed by atoms with Gasteiger partial charge in [-0.1, -0.05) is 0 Å². The molecule has 2 unspecified atom stereocenters. The molecule has 4 nitrogen and oxygen atoms in total. The molecule has 82 valence electrons. The topological polar surface area (TPSA) is 65.2 Å². The Morgan fingerprint density at radius 1 is 1.60 bits per heavy atom. The van der Waals surface area contributed by atoms with Crippen LogP contribution in [0.25, 0.3) is 0 Å². The molecule has 0 aliphatic carbocycles. The molecule has 2 N–H and O–H groups in total. The first-order valence-electron chi connectivity index (χ1n) is 4.98. The zero-order valence-corrected chi connectivity index (χ0v) is 9.20. The number of nitrogens with two attached hydrogens (primary N) is 1. The van der Waals surface area contributed by atoms with E-state index in [-0.39, 0.29) is 5.25 Å². The predicted octanol–water partition coefficient (Wildman–Crippen LogP) is 0.950. The highest BCUT2D eigenvalue weighted by Crippen LogP contribution is 2.20. The molecule has 2 rings (SSSR count). The summed E-state index contributed by atoms with van der Waals surface area (Å²) < 4.78 is 17.4. The molecule has 1 aliphatic rings. The minimum absolute atomic E-state index is 0.0379. The van der Waals surface area contributed by atoms with E-state index in [1.54, 1.807) is 18.3 Å². The second kappa shape index (κ2) is 4.72. The van der Waals surface area contributed by atoms with Gasteiger partial charge in [0.25, 0.3) is 0 Å². The van der Waals surface area contributed by atoms with E-state index >= 15 is 0 Å². The number of nitrogen functional groups attached to an aromatic ring is 1. The quantitative estimate of drug-likeness (QED) is 0.815. The van der Waals surface area contributed by atoms with Crippen molar-refractivity contribution in [3.05, 3.63) is 18.3 Å². The van der Waals surface area contributed by atoms with Crippen LogP contribution in [0.4, 0.5) is 5.69 Å². The Balaban J connectivity index is 2.16. The minimum Gasteiger partial charge on any atom is -0.396 e. The molecular weight excluding hydrogens is 212 g/mol. The molecule has 1 saturated heterocycles. The van der Waals surface area contributed by atoms with Crippen LogP contribution in [0.3, 0.4) is 0 Å². The van der Waals surface area contributed by atoms with Crippen molar-refractivity contribution in [1.29, 1.82) is 0 Å². The van der Waals surface area contributed by atoms with Crippen molar-refractivity contribution in [2.24, 2.45) is 0 Å². The summed E-state index contributed by atoms with van der Waals surface area (Å²) in [6.07, 6.45) is 3.50. The third kappa shape index (κ3) is 2.35. The summed E-state index contributed by atoms with van der Waals surface area (Å²) >= 11 is 0. The fourth-order valence-corrected chi connectivity index (χ4v) is 2.99. The first-order chi connectivity index (χ1) is 7.29. The van der Waals surface area contributed by atoms with Crippen molar-refractivity contribution >= 4 is 16.5 Å². The molecule has 1 aromatic rings. The number of rotatable bonds is 2. The first-order valence-corrected chi connectivity index (χ1v) is 6.19. The Morgan fingerprint density at radius 2 is 2.47 bits per heavy atom. The number of pyridine rings is 1. The molecule has 15 heavy (non-hydrogen) atoms. The van der Waals surface area contributed by atoms with E-state index in [2.05, 4.69) is 4.98 Å². The fourth-order valence-electron chi connectivity index (χ4n) is 1.61. The molecule has 2 atom stereocenters. The molecule has 1 aliphatic heterocycles. The smallest absolute Gasteiger partial charge is 0.150 e. The molecule has 0 spiro atoms. The van der Waals surface area contributed by atoms with E-state index in [0.717, 1.165) is 19.4 Å². The Bertz CT molecular complexity index is 364. The standard InChI is InChI=1S/C10H14N2O2S/c11-9-4-1-5-12-10(9)15(13)8-3-2-6-14-7-8/h1,4-5,8H,2-3,6-7,11H2. The highest BCUT2D eigenvalue weighted by Gasteiger charge is 2.23. The number of nitrogens with zero attached hydrogens (tertiary/aromatic N) is 1. The van der Waals surface area contributed by atoms with Gasteiger partial charge in [0.1, 0.15) is 5.03 Å². The summed E-state index contributed by atoms with van der Waals surface area (Å²) in [5, 5.41) is 0.531. The number of anilines is 1. The third-order valence-corrected chi connectivity index (χ3v) is 4.11. The van der Waals surface area contributed by atoms with Crippen LogP contribution in [-0.4, -0.2) is 27.7 Å². The lowest BCUT2D eigenvalue weighted by Gasteiger charge is -2.21. The Labute approximate surface area is 91.3 Å². The average molecular weight is 226 g/mol. The van der Waals surface area contributed by atoms with Gasteiger partial charge in [-0.2, -0.15) is 0 Å². The lowest BCUT2D eigenvalue weighted by atomic mass is 10.2. The van der Waals surface area contributed by atoms with Crippen molar-refractivity contribution in [3.63, 3.8) is 0 Å². The van der Waals surface area contributed by atoms with Crippen LogP contribution in [0.2, 0.25) is 0 Å². The summed E-state index contributed by atoms with van der Waals surface area (Å²) in [5.41, 5.74) is 6.23. The van der Waals surface area contributed by atoms with Crippen LogP contribution in [0, 0.1) is 0 Å². The highest BCUT2D eigenvalue weighted by atomic mass is 32.2. The van der Waals surface area contributed by atoms with Gasteiger partial charge in [-0.15, -0.1) is 0 Å². The lowest BCUT2D eigenvalue weighted by molar-refractivity contribution is 0.100. The summed E-state index contributed by atoms with van der Waals surface area (Å²) in [6, 6.07) is 3.47. The van der Waals surface area contributed by atoms with E-state index in [1.165, 1.54) is 0 Å². The molecule has 0 radical (unpaired) electrons. The van der Waals surface area contributed by atoms with Crippen LogP contribution in [0.1, 0.15) is 12.8 Å². The zero-order valence-electron chi connectivity index (χ0n) is 8.39. The number of ether oxygens (including phenoxy) is 1. The summed E-state index contributed by atoms with van der Waals surface area (Å²) in [4.78, 5) is 4.07. The maximum absolute atomic E-state index is 12.1. The molecule has 0 amide bonds. The van der Waals surface area contributed by atoms with Gasteiger partial charge < -0.3 is 10.5 Å². The van der Waals surface area contributed by atoms with Gasteiger partial charge in [0.15, 0.2) is 0 Å². The maximum Gasteiger partial charge on any atom is 0.150 e. The van der Waals surface area contributed by atoms with Crippen molar-refractivity contribution < 1.29 is 8.95 Å². The average Bonchev–Trinajstić information content (AvgIpc) is 2.30. The zero-order chi connectivity index (χ0) is 10.7. The Kier molecular flexibility index (Phi) is 3.33. The maximum atomic E-state index is 12.1. The van der Waals surface area contributed by atoms with Crippen molar-refractivity contribution in [1.82, 2.24) is 4.98 Å². The highest BCUT2D eigenvalue weighted by molar-refractivity contribution is 7.85. The van der Waals surface area contributed by atoms with E-state index in [4.69, 9.17) is 10.5 Å². The van der Waals surface area contributed by atoms with Gasteiger partial charge in [0.2, 0.25) is 0 Å². The summed E-state index contributed by atoms with van der Waals surface area (Å²) in [6.45, 7) is 1.31. The van der Waals surface area contributed by atoms with Gasteiger partial charge in [-0.25, -0.2) is 4.98 Å². The van der Waals surface area contributed by atoms with Crippen molar-refractivity contribution in [2.75, 3.05) is 18.9 Å². The van der Waals surface area contributed by atoms with Gasteiger partial charge in [-0.3, -0.25) is 4.21 Å². The third-order valence-electron chi connectivity index (χ3n) is 2.41. The Hall–Kier alpha value is -0.940.